The standard InChI is InChI=1S/C15H22BrNO2/c1-5-10(2)8-11(3)17-15(18)13-9-12(19-4)6-7-14(13)16/h6-7,9-11H,5,8H2,1-4H3,(H,17,18). The van der Waals surface area contributed by atoms with Gasteiger partial charge in [0.25, 0.3) is 5.91 Å². The van der Waals surface area contributed by atoms with Crippen LogP contribution in [0.1, 0.15) is 44.0 Å². The third kappa shape index (κ3) is 4.86. The molecule has 1 rings (SSSR count). The summed E-state index contributed by atoms with van der Waals surface area (Å²) < 4.78 is 5.93. The Morgan fingerprint density at radius 3 is 2.68 bits per heavy atom. The highest BCUT2D eigenvalue weighted by atomic mass is 79.9. The summed E-state index contributed by atoms with van der Waals surface area (Å²) in [6.45, 7) is 6.40. The van der Waals surface area contributed by atoms with Gasteiger partial charge in [-0.25, -0.2) is 0 Å². The summed E-state index contributed by atoms with van der Waals surface area (Å²) in [7, 11) is 1.59. The summed E-state index contributed by atoms with van der Waals surface area (Å²) >= 11 is 3.40. The molecule has 1 N–H and O–H groups in total. The smallest absolute Gasteiger partial charge is 0.252 e. The number of halogens is 1. The van der Waals surface area contributed by atoms with E-state index in [1.165, 1.54) is 0 Å². The first kappa shape index (κ1) is 16.0. The molecule has 0 saturated carbocycles. The van der Waals surface area contributed by atoms with Crippen LogP contribution >= 0.6 is 15.9 Å². The number of ether oxygens (including phenoxy) is 1. The molecule has 0 aromatic heterocycles. The van der Waals surface area contributed by atoms with E-state index >= 15 is 0 Å². The zero-order valence-electron chi connectivity index (χ0n) is 12.0. The van der Waals surface area contributed by atoms with E-state index in [2.05, 4.69) is 35.1 Å². The average molecular weight is 328 g/mol. The van der Waals surface area contributed by atoms with Crippen LogP contribution in [0.15, 0.2) is 22.7 Å². The fraction of sp³-hybridized carbons (Fsp3) is 0.533. The molecular weight excluding hydrogens is 306 g/mol. The van der Waals surface area contributed by atoms with Gasteiger partial charge in [-0.2, -0.15) is 0 Å². The van der Waals surface area contributed by atoms with Crippen LogP contribution in [-0.4, -0.2) is 19.1 Å². The molecule has 19 heavy (non-hydrogen) atoms. The Hall–Kier alpha value is -1.03. The van der Waals surface area contributed by atoms with E-state index in [-0.39, 0.29) is 11.9 Å². The molecular formula is C15H22BrNO2. The normalized spacial score (nSPS) is 13.7. The molecule has 1 aromatic carbocycles. The van der Waals surface area contributed by atoms with Crippen LogP contribution < -0.4 is 10.1 Å². The molecule has 0 fully saturated rings. The third-order valence-electron chi connectivity index (χ3n) is 3.25. The summed E-state index contributed by atoms with van der Waals surface area (Å²) in [6, 6.07) is 5.56. The Morgan fingerprint density at radius 1 is 1.42 bits per heavy atom. The van der Waals surface area contributed by atoms with Crippen molar-refractivity contribution in [3.05, 3.63) is 28.2 Å². The minimum atomic E-state index is -0.0680. The number of carbonyl (C=O) groups excluding carboxylic acids is 1. The molecule has 0 spiro atoms. The zero-order valence-corrected chi connectivity index (χ0v) is 13.6. The third-order valence-corrected chi connectivity index (χ3v) is 3.94. The van der Waals surface area contributed by atoms with Gasteiger partial charge in [0.2, 0.25) is 0 Å². The van der Waals surface area contributed by atoms with E-state index in [0.717, 1.165) is 17.3 Å². The van der Waals surface area contributed by atoms with Gasteiger partial charge in [-0.3, -0.25) is 4.79 Å². The number of hydrogen-bond acceptors (Lipinski definition) is 2. The molecule has 2 atom stereocenters. The van der Waals surface area contributed by atoms with Gasteiger partial charge in [0, 0.05) is 10.5 Å². The quantitative estimate of drug-likeness (QED) is 0.857. The Balaban J connectivity index is 2.72. The summed E-state index contributed by atoms with van der Waals surface area (Å²) in [5, 5.41) is 3.03. The topological polar surface area (TPSA) is 38.3 Å². The van der Waals surface area contributed by atoms with Crippen molar-refractivity contribution in [2.24, 2.45) is 5.92 Å². The molecule has 1 amide bonds. The number of benzene rings is 1. The Kier molecular flexibility index (Phi) is 6.35. The van der Waals surface area contributed by atoms with Crippen molar-refractivity contribution < 1.29 is 9.53 Å². The first-order valence-corrected chi connectivity index (χ1v) is 7.41. The van der Waals surface area contributed by atoms with Crippen molar-refractivity contribution in [3.63, 3.8) is 0 Å². The fourth-order valence-electron chi connectivity index (χ4n) is 1.94. The highest BCUT2D eigenvalue weighted by molar-refractivity contribution is 9.10. The first-order valence-electron chi connectivity index (χ1n) is 6.62. The van der Waals surface area contributed by atoms with Gasteiger partial charge in [-0.05, 0) is 53.4 Å². The molecule has 0 saturated heterocycles. The Labute approximate surface area is 123 Å². The first-order chi connectivity index (χ1) is 8.97. The van der Waals surface area contributed by atoms with Crippen molar-refractivity contribution in [2.45, 2.75) is 39.7 Å². The molecule has 0 radical (unpaired) electrons. The lowest BCUT2D eigenvalue weighted by Gasteiger charge is -2.18. The number of carbonyl (C=O) groups is 1. The van der Waals surface area contributed by atoms with Crippen LogP contribution in [0, 0.1) is 5.92 Å². The molecule has 106 valence electrons. The number of methoxy groups -OCH3 is 1. The molecule has 0 aliphatic carbocycles. The Morgan fingerprint density at radius 2 is 2.11 bits per heavy atom. The molecule has 0 heterocycles. The van der Waals surface area contributed by atoms with Crippen molar-refractivity contribution in [1.29, 1.82) is 0 Å². The minimum Gasteiger partial charge on any atom is -0.497 e. The van der Waals surface area contributed by atoms with Crippen LogP contribution in [0.25, 0.3) is 0 Å². The SMILES string of the molecule is CCC(C)CC(C)NC(=O)c1cc(OC)ccc1Br. The van der Waals surface area contributed by atoms with E-state index in [4.69, 9.17) is 4.74 Å². The van der Waals surface area contributed by atoms with Crippen LogP contribution in [0.5, 0.6) is 5.75 Å². The van der Waals surface area contributed by atoms with Crippen LogP contribution in [0.3, 0.4) is 0 Å². The number of rotatable bonds is 6. The van der Waals surface area contributed by atoms with Crippen LogP contribution in [0.2, 0.25) is 0 Å². The second-order valence-corrected chi connectivity index (χ2v) is 5.82. The van der Waals surface area contributed by atoms with Gasteiger partial charge in [0.15, 0.2) is 0 Å². The van der Waals surface area contributed by atoms with E-state index < -0.39 is 0 Å². The van der Waals surface area contributed by atoms with Crippen LogP contribution in [0.4, 0.5) is 0 Å². The highest BCUT2D eigenvalue weighted by Crippen LogP contribution is 2.22. The average Bonchev–Trinajstić information content (AvgIpc) is 2.38. The van der Waals surface area contributed by atoms with Crippen molar-refractivity contribution >= 4 is 21.8 Å². The monoisotopic (exact) mass is 327 g/mol. The summed E-state index contributed by atoms with van der Waals surface area (Å²) in [5.41, 5.74) is 0.607. The number of amides is 1. The largest absolute Gasteiger partial charge is 0.497 e. The van der Waals surface area contributed by atoms with Crippen LogP contribution in [-0.2, 0) is 0 Å². The van der Waals surface area contributed by atoms with Gasteiger partial charge in [-0.1, -0.05) is 20.3 Å². The Bertz CT molecular complexity index is 434. The van der Waals surface area contributed by atoms with Gasteiger partial charge < -0.3 is 10.1 Å². The molecule has 4 heteroatoms. The summed E-state index contributed by atoms with van der Waals surface area (Å²) in [6.07, 6.45) is 2.12. The van der Waals surface area contributed by atoms with Gasteiger partial charge in [0.1, 0.15) is 5.75 Å². The maximum Gasteiger partial charge on any atom is 0.252 e. The highest BCUT2D eigenvalue weighted by Gasteiger charge is 2.15. The lowest BCUT2D eigenvalue weighted by Crippen LogP contribution is -2.33. The molecule has 3 nitrogen and oxygen atoms in total. The number of hydrogen-bond donors (Lipinski definition) is 1. The zero-order chi connectivity index (χ0) is 14.4. The minimum absolute atomic E-state index is 0.0680. The van der Waals surface area contributed by atoms with Gasteiger partial charge in [0.05, 0.1) is 12.7 Å². The molecule has 2 unspecified atom stereocenters. The van der Waals surface area contributed by atoms with Crippen molar-refractivity contribution in [2.75, 3.05) is 7.11 Å². The van der Waals surface area contributed by atoms with Gasteiger partial charge >= 0.3 is 0 Å². The molecule has 0 aliphatic rings. The summed E-state index contributed by atoms with van der Waals surface area (Å²) in [4.78, 5) is 12.2. The van der Waals surface area contributed by atoms with E-state index in [0.29, 0.717) is 17.2 Å². The van der Waals surface area contributed by atoms with Crippen molar-refractivity contribution in [1.82, 2.24) is 5.32 Å². The lowest BCUT2D eigenvalue weighted by molar-refractivity contribution is 0.0934. The van der Waals surface area contributed by atoms with E-state index in [1.54, 1.807) is 13.2 Å². The maximum atomic E-state index is 12.2. The van der Waals surface area contributed by atoms with Crippen molar-refractivity contribution in [3.8, 4) is 5.75 Å². The summed E-state index contributed by atoms with van der Waals surface area (Å²) in [5.74, 6) is 1.23. The van der Waals surface area contributed by atoms with E-state index in [9.17, 15) is 4.79 Å². The predicted molar refractivity (Wildman–Crippen MR) is 81.7 cm³/mol. The molecule has 1 aromatic rings. The fourth-order valence-corrected chi connectivity index (χ4v) is 2.36. The molecule has 0 aliphatic heterocycles. The molecule has 0 bridgehead atoms. The second kappa shape index (κ2) is 7.53. The van der Waals surface area contributed by atoms with E-state index in [1.807, 2.05) is 19.1 Å². The number of nitrogens with one attached hydrogen (secondary N) is 1. The second-order valence-electron chi connectivity index (χ2n) is 4.97. The predicted octanol–water partition coefficient (Wildman–Crippen LogP) is 4.01. The van der Waals surface area contributed by atoms with Gasteiger partial charge in [-0.15, -0.1) is 0 Å². The lowest BCUT2D eigenvalue weighted by atomic mass is 10.00. The maximum absolute atomic E-state index is 12.2.